The highest BCUT2D eigenvalue weighted by molar-refractivity contribution is 6.02. The summed E-state index contributed by atoms with van der Waals surface area (Å²) in [5, 5.41) is 19.8. The van der Waals surface area contributed by atoms with Gasteiger partial charge in [-0.1, -0.05) is 0 Å². The van der Waals surface area contributed by atoms with Crippen LogP contribution in [0.1, 0.15) is 29.4 Å². The fraction of sp³-hybridized carbons (Fsp3) is 0.357. The van der Waals surface area contributed by atoms with Crippen molar-refractivity contribution in [1.82, 2.24) is 20.1 Å². The minimum atomic E-state index is -0.383. The molecule has 1 atom stereocenters. The van der Waals surface area contributed by atoms with Gasteiger partial charge in [-0.15, -0.1) is 0 Å². The van der Waals surface area contributed by atoms with Crippen LogP contribution in [-0.4, -0.2) is 38.9 Å². The first kappa shape index (κ1) is 13.6. The monoisotopic (exact) mass is 287 g/mol. The number of nitrogens with zero attached hydrogens (tertiary/aromatic N) is 3. The normalized spacial score (nSPS) is 18.4. The zero-order valence-corrected chi connectivity index (χ0v) is 11.5. The molecule has 1 fully saturated rings. The fourth-order valence-corrected chi connectivity index (χ4v) is 2.39. The Balaban J connectivity index is 1.71. The number of piperidine rings is 1. The van der Waals surface area contributed by atoms with E-state index in [1.54, 1.807) is 12.1 Å². The predicted octanol–water partition coefficient (Wildman–Crippen LogP) is 1.16. The summed E-state index contributed by atoms with van der Waals surface area (Å²) in [5.74, 6) is -0.315. The van der Waals surface area contributed by atoms with E-state index < -0.39 is 0 Å². The molecule has 0 radical (unpaired) electrons. The van der Waals surface area contributed by atoms with Gasteiger partial charge in [0.25, 0.3) is 5.91 Å². The molecule has 110 valence electrons. The Morgan fingerprint density at radius 2 is 2.38 bits per heavy atom. The van der Waals surface area contributed by atoms with E-state index >= 15 is 0 Å². The maximum Gasteiger partial charge on any atom is 0.277 e. The number of aromatic hydroxyl groups is 1. The Morgan fingerprint density at radius 1 is 1.48 bits per heavy atom. The highest BCUT2D eigenvalue weighted by atomic mass is 16.3. The van der Waals surface area contributed by atoms with Gasteiger partial charge in [-0.2, -0.15) is 5.10 Å². The van der Waals surface area contributed by atoms with Gasteiger partial charge in [0.15, 0.2) is 17.3 Å². The van der Waals surface area contributed by atoms with Crippen LogP contribution in [0.3, 0.4) is 0 Å². The molecule has 3 rings (SSSR count). The number of hydrogen-bond acceptors (Lipinski definition) is 5. The topological polar surface area (TPSA) is 92.1 Å². The van der Waals surface area contributed by atoms with Gasteiger partial charge in [-0.3, -0.25) is 9.48 Å². The van der Waals surface area contributed by atoms with Crippen LogP contribution in [0.4, 0.5) is 5.82 Å². The van der Waals surface area contributed by atoms with Crippen molar-refractivity contribution < 1.29 is 9.90 Å². The number of carbonyl (C=O) groups is 1. The van der Waals surface area contributed by atoms with Crippen LogP contribution < -0.4 is 10.6 Å². The first-order valence-corrected chi connectivity index (χ1v) is 6.95. The summed E-state index contributed by atoms with van der Waals surface area (Å²) in [4.78, 5) is 16.0. The zero-order chi connectivity index (χ0) is 14.7. The van der Waals surface area contributed by atoms with Crippen LogP contribution in [0.25, 0.3) is 0 Å². The van der Waals surface area contributed by atoms with Gasteiger partial charge in [0, 0.05) is 18.9 Å². The molecule has 0 aromatic carbocycles. The molecule has 21 heavy (non-hydrogen) atoms. The Bertz CT molecular complexity index is 634. The van der Waals surface area contributed by atoms with Crippen molar-refractivity contribution in [3.05, 3.63) is 36.3 Å². The minimum Gasteiger partial charge on any atom is -0.504 e. The molecule has 1 aliphatic rings. The molecule has 0 bridgehead atoms. The van der Waals surface area contributed by atoms with E-state index in [2.05, 4.69) is 20.7 Å². The molecule has 0 saturated carbocycles. The number of carbonyl (C=O) groups excluding carboxylic acids is 1. The van der Waals surface area contributed by atoms with Gasteiger partial charge in [-0.05, 0) is 37.6 Å². The molecule has 1 amide bonds. The largest absolute Gasteiger partial charge is 0.504 e. The standard InChI is InChI=1S/C14H17N5O2/c20-12-4-2-7-16-13(12)17-14(21)11-5-8-19(18-11)10-3-1-6-15-9-10/h2,4-5,7-8,10,15,20H,1,3,6,9H2,(H,16,17,21). The minimum absolute atomic E-state index is 0.0678. The molecule has 3 N–H and O–H groups in total. The molecular weight excluding hydrogens is 270 g/mol. The Hall–Kier alpha value is -2.41. The molecule has 1 saturated heterocycles. The third-order valence-electron chi connectivity index (χ3n) is 3.50. The smallest absolute Gasteiger partial charge is 0.277 e. The van der Waals surface area contributed by atoms with Crippen molar-refractivity contribution in [2.75, 3.05) is 18.4 Å². The van der Waals surface area contributed by atoms with E-state index in [0.29, 0.717) is 5.69 Å². The van der Waals surface area contributed by atoms with Crippen molar-refractivity contribution in [1.29, 1.82) is 0 Å². The molecule has 7 nitrogen and oxygen atoms in total. The number of amides is 1. The lowest BCUT2D eigenvalue weighted by Gasteiger charge is -2.22. The average molecular weight is 287 g/mol. The van der Waals surface area contributed by atoms with Gasteiger partial charge in [-0.25, -0.2) is 4.98 Å². The van der Waals surface area contributed by atoms with Crippen LogP contribution in [0, 0.1) is 0 Å². The molecule has 1 unspecified atom stereocenters. The average Bonchev–Trinajstić information content (AvgIpc) is 3.00. The number of hydrogen-bond donors (Lipinski definition) is 3. The first-order chi connectivity index (χ1) is 10.2. The molecule has 1 aliphatic heterocycles. The van der Waals surface area contributed by atoms with Gasteiger partial charge in [0.1, 0.15) is 0 Å². The maximum absolute atomic E-state index is 12.1. The van der Waals surface area contributed by atoms with Gasteiger partial charge < -0.3 is 15.7 Å². The summed E-state index contributed by atoms with van der Waals surface area (Å²) in [5.41, 5.74) is 0.311. The summed E-state index contributed by atoms with van der Waals surface area (Å²) in [6.45, 7) is 1.90. The van der Waals surface area contributed by atoms with E-state index in [4.69, 9.17) is 0 Å². The third-order valence-corrected chi connectivity index (χ3v) is 3.50. The van der Waals surface area contributed by atoms with E-state index in [9.17, 15) is 9.90 Å². The molecular formula is C14H17N5O2. The first-order valence-electron chi connectivity index (χ1n) is 6.95. The van der Waals surface area contributed by atoms with Crippen molar-refractivity contribution in [3.8, 4) is 5.75 Å². The van der Waals surface area contributed by atoms with Crippen molar-refractivity contribution in [3.63, 3.8) is 0 Å². The summed E-state index contributed by atoms with van der Waals surface area (Å²) >= 11 is 0. The third kappa shape index (κ3) is 3.03. The van der Waals surface area contributed by atoms with E-state index in [1.807, 2.05) is 10.9 Å². The van der Waals surface area contributed by atoms with E-state index in [1.165, 1.54) is 12.3 Å². The quantitative estimate of drug-likeness (QED) is 0.788. The Morgan fingerprint density at radius 3 is 3.14 bits per heavy atom. The van der Waals surface area contributed by atoms with Crippen LogP contribution in [0.15, 0.2) is 30.6 Å². The van der Waals surface area contributed by atoms with Crippen LogP contribution >= 0.6 is 0 Å². The SMILES string of the molecule is O=C(Nc1ncccc1O)c1ccn(C2CCCNC2)n1. The molecule has 2 aromatic rings. The Kier molecular flexibility index (Phi) is 3.83. The molecule has 0 spiro atoms. The zero-order valence-electron chi connectivity index (χ0n) is 11.5. The summed E-state index contributed by atoms with van der Waals surface area (Å²) in [6, 6.07) is 5.01. The van der Waals surface area contributed by atoms with Crippen molar-refractivity contribution >= 4 is 11.7 Å². The molecule has 2 aromatic heterocycles. The maximum atomic E-state index is 12.1. The number of nitrogens with one attached hydrogen (secondary N) is 2. The van der Waals surface area contributed by atoms with Gasteiger partial charge >= 0.3 is 0 Å². The molecule has 3 heterocycles. The lowest BCUT2D eigenvalue weighted by Crippen LogP contribution is -2.32. The highest BCUT2D eigenvalue weighted by Crippen LogP contribution is 2.19. The van der Waals surface area contributed by atoms with Crippen molar-refractivity contribution in [2.24, 2.45) is 0 Å². The molecule has 0 aliphatic carbocycles. The number of aromatic nitrogens is 3. The van der Waals surface area contributed by atoms with Crippen LogP contribution in [-0.2, 0) is 0 Å². The summed E-state index contributed by atoms with van der Waals surface area (Å²) < 4.78 is 1.82. The Labute approximate surface area is 122 Å². The molecule has 7 heteroatoms. The van der Waals surface area contributed by atoms with Gasteiger partial charge in [0.05, 0.1) is 6.04 Å². The fourth-order valence-electron chi connectivity index (χ4n) is 2.39. The second-order valence-electron chi connectivity index (χ2n) is 5.01. The predicted molar refractivity (Wildman–Crippen MR) is 77.2 cm³/mol. The van der Waals surface area contributed by atoms with Crippen LogP contribution in [0.5, 0.6) is 5.75 Å². The number of pyridine rings is 1. The van der Waals surface area contributed by atoms with E-state index in [-0.39, 0.29) is 23.5 Å². The second kappa shape index (κ2) is 5.92. The lowest BCUT2D eigenvalue weighted by atomic mass is 10.1. The second-order valence-corrected chi connectivity index (χ2v) is 5.01. The number of rotatable bonds is 3. The lowest BCUT2D eigenvalue weighted by molar-refractivity contribution is 0.102. The van der Waals surface area contributed by atoms with E-state index in [0.717, 1.165) is 25.9 Å². The van der Waals surface area contributed by atoms with Crippen LogP contribution in [0.2, 0.25) is 0 Å². The number of anilines is 1. The van der Waals surface area contributed by atoms with Crippen molar-refractivity contribution in [2.45, 2.75) is 18.9 Å². The highest BCUT2D eigenvalue weighted by Gasteiger charge is 2.18. The summed E-state index contributed by atoms with van der Waals surface area (Å²) in [7, 11) is 0. The van der Waals surface area contributed by atoms with Gasteiger partial charge in [0.2, 0.25) is 0 Å². The summed E-state index contributed by atoms with van der Waals surface area (Å²) in [6.07, 6.45) is 5.47.